The number of benzene rings is 1. The van der Waals surface area contributed by atoms with Gasteiger partial charge in [0.05, 0.1) is 0 Å². The summed E-state index contributed by atoms with van der Waals surface area (Å²) in [4.78, 5) is 0. The lowest BCUT2D eigenvalue weighted by atomic mass is 10.0. The second-order valence-corrected chi connectivity index (χ2v) is 3.45. The molecule has 0 amide bonds. The lowest BCUT2D eigenvalue weighted by Crippen LogP contribution is -2.27. The van der Waals surface area contributed by atoms with Crippen molar-refractivity contribution < 1.29 is 5.11 Å². The molecule has 14 heavy (non-hydrogen) atoms. The van der Waals surface area contributed by atoms with E-state index in [1.807, 2.05) is 12.1 Å². The van der Waals surface area contributed by atoms with E-state index in [1.165, 1.54) is 0 Å². The molecule has 78 valence electrons. The molecule has 1 aromatic rings. The predicted octanol–water partition coefficient (Wildman–Crippen LogP) is 2.09. The number of nitrogens with one attached hydrogen (secondary N) is 1. The van der Waals surface area contributed by atoms with Gasteiger partial charge in [-0.15, -0.1) is 0 Å². The Hall–Kier alpha value is -1.06. The Kier molecular flexibility index (Phi) is 4.43. The molecule has 3 nitrogen and oxygen atoms in total. The predicted molar refractivity (Wildman–Crippen MR) is 57.7 cm³/mol. The zero-order valence-electron chi connectivity index (χ0n) is 8.53. The minimum absolute atomic E-state index is 0.190. The van der Waals surface area contributed by atoms with Crippen LogP contribution in [-0.4, -0.2) is 5.11 Å². The third kappa shape index (κ3) is 3.01. The van der Waals surface area contributed by atoms with Crippen LogP contribution >= 0.6 is 0 Å². The molecule has 1 rings (SSSR count). The number of unbranched alkanes of at least 4 members (excludes halogenated alkanes) is 1. The van der Waals surface area contributed by atoms with Gasteiger partial charge in [0.15, 0.2) is 0 Å². The molecule has 0 spiro atoms. The van der Waals surface area contributed by atoms with E-state index in [-0.39, 0.29) is 6.04 Å². The van der Waals surface area contributed by atoms with Crippen molar-refractivity contribution in [3.05, 3.63) is 29.8 Å². The van der Waals surface area contributed by atoms with Crippen molar-refractivity contribution in [1.29, 1.82) is 0 Å². The molecule has 0 unspecified atom stereocenters. The Morgan fingerprint density at radius 1 is 1.36 bits per heavy atom. The van der Waals surface area contributed by atoms with Crippen molar-refractivity contribution in [2.75, 3.05) is 0 Å². The van der Waals surface area contributed by atoms with Gasteiger partial charge in [-0.1, -0.05) is 31.9 Å². The first-order valence-corrected chi connectivity index (χ1v) is 5.03. The fourth-order valence-corrected chi connectivity index (χ4v) is 1.46. The van der Waals surface area contributed by atoms with Gasteiger partial charge in [-0.3, -0.25) is 11.3 Å². The number of aromatic hydroxyl groups is 1. The van der Waals surface area contributed by atoms with Gasteiger partial charge in [0.25, 0.3) is 0 Å². The second kappa shape index (κ2) is 5.62. The zero-order chi connectivity index (χ0) is 10.4. The van der Waals surface area contributed by atoms with E-state index in [2.05, 4.69) is 12.3 Å². The van der Waals surface area contributed by atoms with Gasteiger partial charge < -0.3 is 5.11 Å². The lowest BCUT2D eigenvalue weighted by Gasteiger charge is -2.15. The number of phenols is 1. The Morgan fingerprint density at radius 2 is 2.00 bits per heavy atom. The standard InChI is InChI=1S/C11H18N2O/c1-2-3-4-11(13-12)9-5-7-10(14)8-6-9/h5-8,11,13-14H,2-4,12H2,1H3/t11-/m0/s1. The van der Waals surface area contributed by atoms with Gasteiger partial charge in [0.1, 0.15) is 5.75 Å². The van der Waals surface area contributed by atoms with Crippen LogP contribution in [0.3, 0.4) is 0 Å². The van der Waals surface area contributed by atoms with Crippen molar-refractivity contribution in [2.24, 2.45) is 5.84 Å². The van der Waals surface area contributed by atoms with E-state index in [1.54, 1.807) is 12.1 Å². The molecule has 0 radical (unpaired) electrons. The minimum atomic E-state index is 0.190. The van der Waals surface area contributed by atoms with Gasteiger partial charge in [-0.05, 0) is 24.1 Å². The molecule has 0 bridgehead atoms. The van der Waals surface area contributed by atoms with E-state index in [0.29, 0.717) is 5.75 Å². The molecular weight excluding hydrogens is 176 g/mol. The van der Waals surface area contributed by atoms with E-state index in [0.717, 1.165) is 24.8 Å². The van der Waals surface area contributed by atoms with Crippen LogP contribution in [0.4, 0.5) is 0 Å². The molecule has 0 fully saturated rings. The van der Waals surface area contributed by atoms with Gasteiger partial charge >= 0.3 is 0 Å². The van der Waals surface area contributed by atoms with Gasteiger partial charge in [-0.2, -0.15) is 0 Å². The molecule has 0 aromatic heterocycles. The Labute approximate surface area is 84.9 Å². The van der Waals surface area contributed by atoms with E-state index >= 15 is 0 Å². The van der Waals surface area contributed by atoms with Crippen LogP contribution in [0.1, 0.15) is 37.8 Å². The van der Waals surface area contributed by atoms with Crippen LogP contribution in [0.5, 0.6) is 5.75 Å². The number of phenolic OH excluding ortho intramolecular Hbond substituents is 1. The van der Waals surface area contributed by atoms with Crippen LogP contribution in [0, 0.1) is 0 Å². The molecule has 0 aliphatic heterocycles. The van der Waals surface area contributed by atoms with Crippen LogP contribution in [0.15, 0.2) is 24.3 Å². The summed E-state index contributed by atoms with van der Waals surface area (Å²) in [5.74, 6) is 5.76. The summed E-state index contributed by atoms with van der Waals surface area (Å²) in [7, 11) is 0. The normalized spacial score (nSPS) is 12.7. The van der Waals surface area contributed by atoms with E-state index in [4.69, 9.17) is 10.9 Å². The van der Waals surface area contributed by atoms with Crippen LogP contribution in [0.25, 0.3) is 0 Å². The molecule has 1 atom stereocenters. The summed E-state index contributed by atoms with van der Waals surface area (Å²) in [5.41, 5.74) is 3.91. The van der Waals surface area contributed by atoms with Crippen LogP contribution in [0.2, 0.25) is 0 Å². The highest BCUT2D eigenvalue weighted by molar-refractivity contribution is 5.27. The summed E-state index contributed by atoms with van der Waals surface area (Å²) < 4.78 is 0. The Balaban J connectivity index is 2.64. The van der Waals surface area contributed by atoms with Gasteiger partial charge in [0, 0.05) is 6.04 Å². The number of hydrogen-bond acceptors (Lipinski definition) is 3. The summed E-state index contributed by atoms with van der Waals surface area (Å²) >= 11 is 0. The monoisotopic (exact) mass is 194 g/mol. The fraction of sp³-hybridized carbons (Fsp3) is 0.455. The lowest BCUT2D eigenvalue weighted by molar-refractivity contribution is 0.471. The first-order chi connectivity index (χ1) is 6.77. The average molecular weight is 194 g/mol. The number of nitrogens with two attached hydrogens (primary N) is 1. The molecule has 0 saturated carbocycles. The first-order valence-electron chi connectivity index (χ1n) is 5.03. The molecule has 4 N–H and O–H groups in total. The summed E-state index contributed by atoms with van der Waals surface area (Å²) in [5, 5.41) is 9.14. The van der Waals surface area contributed by atoms with Crippen molar-refractivity contribution in [3.8, 4) is 5.75 Å². The number of hydrazine groups is 1. The highest BCUT2D eigenvalue weighted by atomic mass is 16.3. The van der Waals surface area contributed by atoms with Crippen LogP contribution < -0.4 is 11.3 Å². The molecule has 1 aromatic carbocycles. The van der Waals surface area contributed by atoms with Crippen LogP contribution in [-0.2, 0) is 0 Å². The van der Waals surface area contributed by atoms with Gasteiger partial charge in [0.2, 0.25) is 0 Å². The second-order valence-electron chi connectivity index (χ2n) is 3.45. The molecular formula is C11H18N2O. The first kappa shape index (κ1) is 11.0. The highest BCUT2D eigenvalue weighted by Gasteiger charge is 2.07. The molecule has 0 heterocycles. The average Bonchev–Trinajstić information content (AvgIpc) is 2.21. The largest absolute Gasteiger partial charge is 0.508 e. The topological polar surface area (TPSA) is 58.3 Å². The molecule has 3 heteroatoms. The van der Waals surface area contributed by atoms with E-state index in [9.17, 15) is 0 Å². The molecule has 0 aliphatic rings. The van der Waals surface area contributed by atoms with Crippen molar-refractivity contribution in [1.82, 2.24) is 5.43 Å². The van der Waals surface area contributed by atoms with Crippen molar-refractivity contribution in [2.45, 2.75) is 32.2 Å². The maximum atomic E-state index is 9.14. The van der Waals surface area contributed by atoms with E-state index < -0.39 is 0 Å². The van der Waals surface area contributed by atoms with Gasteiger partial charge in [-0.25, -0.2) is 0 Å². The third-order valence-electron chi connectivity index (χ3n) is 2.34. The molecule has 0 saturated heterocycles. The quantitative estimate of drug-likeness (QED) is 0.497. The smallest absolute Gasteiger partial charge is 0.115 e. The highest BCUT2D eigenvalue weighted by Crippen LogP contribution is 2.20. The number of hydrogen-bond donors (Lipinski definition) is 3. The SMILES string of the molecule is CCCC[C@H](NN)c1ccc(O)cc1. The summed E-state index contributed by atoms with van der Waals surface area (Å²) in [6, 6.07) is 7.36. The maximum Gasteiger partial charge on any atom is 0.115 e. The molecule has 0 aliphatic carbocycles. The minimum Gasteiger partial charge on any atom is -0.508 e. The van der Waals surface area contributed by atoms with Crippen molar-refractivity contribution >= 4 is 0 Å². The fourth-order valence-electron chi connectivity index (χ4n) is 1.46. The zero-order valence-corrected chi connectivity index (χ0v) is 8.53. The maximum absolute atomic E-state index is 9.14. The summed E-state index contributed by atoms with van der Waals surface area (Å²) in [6.45, 7) is 2.16. The number of rotatable bonds is 5. The Morgan fingerprint density at radius 3 is 2.50 bits per heavy atom. The summed E-state index contributed by atoms with van der Waals surface area (Å²) in [6.07, 6.45) is 3.34. The Bertz CT molecular complexity index is 258. The van der Waals surface area contributed by atoms with Crippen molar-refractivity contribution in [3.63, 3.8) is 0 Å². The third-order valence-corrected chi connectivity index (χ3v) is 2.34.